The molecule has 1 aliphatic rings. The fourth-order valence-corrected chi connectivity index (χ4v) is 3.14. The SMILES string of the molecule is Cc1ccc(OCC(=O)NCc2ccc(CN3CCOCC3)cc2)c(C)c1. The zero-order chi connectivity index (χ0) is 19.1. The first-order valence-electron chi connectivity index (χ1n) is 9.45. The molecule has 0 radical (unpaired) electrons. The second-order valence-electron chi connectivity index (χ2n) is 7.04. The molecular weight excluding hydrogens is 340 g/mol. The van der Waals surface area contributed by atoms with Gasteiger partial charge in [-0.1, -0.05) is 42.0 Å². The average molecular weight is 368 g/mol. The van der Waals surface area contributed by atoms with E-state index in [9.17, 15) is 4.79 Å². The molecule has 0 aliphatic carbocycles. The minimum atomic E-state index is -0.118. The van der Waals surface area contributed by atoms with Crippen molar-refractivity contribution in [3.63, 3.8) is 0 Å². The van der Waals surface area contributed by atoms with E-state index in [4.69, 9.17) is 9.47 Å². The Labute approximate surface area is 161 Å². The largest absolute Gasteiger partial charge is 0.484 e. The zero-order valence-electron chi connectivity index (χ0n) is 16.2. The van der Waals surface area contributed by atoms with Crippen LogP contribution in [0.2, 0.25) is 0 Å². The maximum absolute atomic E-state index is 12.0. The van der Waals surface area contributed by atoms with Crippen LogP contribution in [-0.4, -0.2) is 43.7 Å². The number of amides is 1. The predicted octanol–water partition coefficient (Wildman–Crippen LogP) is 2.83. The van der Waals surface area contributed by atoms with Crippen LogP contribution in [0.15, 0.2) is 42.5 Å². The van der Waals surface area contributed by atoms with Crippen molar-refractivity contribution in [3.05, 3.63) is 64.7 Å². The van der Waals surface area contributed by atoms with Gasteiger partial charge in [0.1, 0.15) is 5.75 Å². The van der Waals surface area contributed by atoms with E-state index in [-0.39, 0.29) is 12.5 Å². The van der Waals surface area contributed by atoms with Gasteiger partial charge in [0.05, 0.1) is 13.2 Å². The molecule has 27 heavy (non-hydrogen) atoms. The predicted molar refractivity (Wildman–Crippen MR) is 106 cm³/mol. The number of morpholine rings is 1. The molecule has 5 nitrogen and oxygen atoms in total. The summed E-state index contributed by atoms with van der Waals surface area (Å²) in [7, 11) is 0. The summed E-state index contributed by atoms with van der Waals surface area (Å²) in [6.45, 7) is 9.10. The molecule has 1 aliphatic heterocycles. The number of carbonyl (C=O) groups is 1. The number of hydrogen-bond acceptors (Lipinski definition) is 4. The van der Waals surface area contributed by atoms with E-state index in [1.807, 2.05) is 32.0 Å². The highest BCUT2D eigenvalue weighted by Crippen LogP contribution is 2.18. The van der Waals surface area contributed by atoms with Crippen molar-refractivity contribution in [2.45, 2.75) is 26.9 Å². The number of rotatable bonds is 7. The number of benzene rings is 2. The molecule has 5 heteroatoms. The molecule has 0 atom stereocenters. The second kappa shape index (κ2) is 9.53. The van der Waals surface area contributed by atoms with Gasteiger partial charge >= 0.3 is 0 Å². The summed E-state index contributed by atoms with van der Waals surface area (Å²) in [5.41, 5.74) is 4.59. The standard InChI is InChI=1S/C22H28N2O3/c1-17-3-8-21(18(2)13-17)27-16-22(25)23-14-19-4-6-20(7-5-19)15-24-9-11-26-12-10-24/h3-8,13H,9-12,14-16H2,1-2H3,(H,23,25). The molecule has 1 N–H and O–H groups in total. The molecule has 0 spiro atoms. The summed E-state index contributed by atoms with van der Waals surface area (Å²) in [5, 5.41) is 2.91. The Morgan fingerprint density at radius 2 is 1.78 bits per heavy atom. The lowest BCUT2D eigenvalue weighted by Crippen LogP contribution is -2.35. The van der Waals surface area contributed by atoms with Crippen molar-refractivity contribution in [2.75, 3.05) is 32.9 Å². The third-order valence-electron chi connectivity index (χ3n) is 4.71. The third-order valence-corrected chi connectivity index (χ3v) is 4.71. The molecule has 2 aromatic carbocycles. The zero-order valence-corrected chi connectivity index (χ0v) is 16.2. The lowest BCUT2D eigenvalue weighted by molar-refractivity contribution is -0.123. The van der Waals surface area contributed by atoms with Crippen molar-refractivity contribution in [1.29, 1.82) is 0 Å². The van der Waals surface area contributed by atoms with Gasteiger partial charge in [-0.15, -0.1) is 0 Å². The number of ether oxygens (including phenoxy) is 2. The average Bonchev–Trinajstić information content (AvgIpc) is 2.67. The van der Waals surface area contributed by atoms with Crippen LogP contribution in [0.5, 0.6) is 5.75 Å². The van der Waals surface area contributed by atoms with Crippen LogP contribution in [0.25, 0.3) is 0 Å². The van der Waals surface area contributed by atoms with Crippen LogP contribution in [0, 0.1) is 13.8 Å². The second-order valence-corrected chi connectivity index (χ2v) is 7.04. The molecule has 1 heterocycles. The van der Waals surface area contributed by atoms with Crippen LogP contribution in [0.4, 0.5) is 0 Å². The Kier molecular flexibility index (Phi) is 6.85. The number of carbonyl (C=O) groups excluding carboxylic acids is 1. The summed E-state index contributed by atoms with van der Waals surface area (Å²) in [5.74, 6) is 0.635. The normalized spacial score (nSPS) is 14.7. The molecular formula is C22H28N2O3. The van der Waals surface area contributed by atoms with Crippen molar-refractivity contribution < 1.29 is 14.3 Å². The minimum absolute atomic E-state index is 0.0268. The van der Waals surface area contributed by atoms with E-state index in [1.165, 1.54) is 11.1 Å². The van der Waals surface area contributed by atoms with Gasteiger partial charge < -0.3 is 14.8 Å². The van der Waals surface area contributed by atoms with Crippen molar-refractivity contribution in [3.8, 4) is 5.75 Å². The van der Waals surface area contributed by atoms with E-state index < -0.39 is 0 Å². The van der Waals surface area contributed by atoms with Crippen molar-refractivity contribution in [2.24, 2.45) is 0 Å². The number of nitrogens with zero attached hydrogens (tertiary/aromatic N) is 1. The van der Waals surface area contributed by atoms with Crippen LogP contribution in [-0.2, 0) is 22.6 Å². The maximum atomic E-state index is 12.0. The quantitative estimate of drug-likeness (QED) is 0.817. The fourth-order valence-electron chi connectivity index (χ4n) is 3.14. The van der Waals surface area contributed by atoms with Crippen molar-refractivity contribution >= 4 is 5.91 Å². The Balaban J connectivity index is 1.41. The van der Waals surface area contributed by atoms with Gasteiger partial charge in [-0.3, -0.25) is 9.69 Å². The Bertz CT molecular complexity index is 753. The van der Waals surface area contributed by atoms with E-state index in [0.29, 0.717) is 6.54 Å². The molecule has 1 amide bonds. The molecule has 144 valence electrons. The Morgan fingerprint density at radius 3 is 2.48 bits per heavy atom. The topological polar surface area (TPSA) is 50.8 Å². The van der Waals surface area contributed by atoms with Crippen LogP contribution in [0.1, 0.15) is 22.3 Å². The van der Waals surface area contributed by atoms with Gasteiger partial charge in [-0.05, 0) is 36.6 Å². The summed E-state index contributed by atoms with van der Waals surface area (Å²) in [6, 6.07) is 14.3. The lowest BCUT2D eigenvalue weighted by atomic mass is 10.1. The fraction of sp³-hybridized carbons (Fsp3) is 0.409. The molecule has 0 bridgehead atoms. The molecule has 0 unspecified atom stereocenters. The van der Waals surface area contributed by atoms with Gasteiger partial charge in [0.2, 0.25) is 0 Å². The lowest BCUT2D eigenvalue weighted by Gasteiger charge is -2.26. The first-order chi connectivity index (χ1) is 13.1. The number of hydrogen-bond donors (Lipinski definition) is 1. The number of nitrogens with one attached hydrogen (secondary N) is 1. The summed E-state index contributed by atoms with van der Waals surface area (Å²) < 4.78 is 11.0. The Hall–Kier alpha value is -2.37. The van der Waals surface area contributed by atoms with E-state index in [2.05, 4.69) is 34.5 Å². The van der Waals surface area contributed by atoms with Gasteiger partial charge in [-0.2, -0.15) is 0 Å². The highest BCUT2D eigenvalue weighted by molar-refractivity contribution is 5.77. The van der Waals surface area contributed by atoms with E-state index >= 15 is 0 Å². The molecule has 0 saturated carbocycles. The first kappa shape index (κ1) is 19.4. The minimum Gasteiger partial charge on any atom is -0.484 e. The van der Waals surface area contributed by atoms with E-state index in [0.717, 1.165) is 49.7 Å². The van der Waals surface area contributed by atoms with Gasteiger partial charge in [0.25, 0.3) is 5.91 Å². The first-order valence-corrected chi connectivity index (χ1v) is 9.45. The Morgan fingerprint density at radius 1 is 1.07 bits per heavy atom. The summed E-state index contributed by atoms with van der Waals surface area (Å²) >= 11 is 0. The van der Waals surface area contributed by atoms with Crippen LogP contribution in [0.3, 0.4) is 0 Å². The third kappa shape index (κ3) is 6.08. The monoisotopic (exact) mass is 368 g/mol. The summed E-state index contributed by atoms with van der Waals surface area (Å²) in [4.78, 5) is 14.4. The van der Waals surface area contributed by atoms with Crippen LogP contribution >= 0.6 is 0 Å². The maximum Gasteiger partial charge on any atom is 0.258 e. The highest BCUT2D eigenvalue weighted by atomic mass is 16.5. The highest BCUT2D eigenvalue weighted by Gasteiger charge is 2.10. The molecule has 3 rings (SSSR count). The molecule has 0 aromatic heterocycles. The summed E-state index contributed by atoms with van der Waals surface area (Å²) in [6.07, 6.45) is 0. The smallest absolute Gasteiger partial charge is 0.258 e. The number of aryl methyl sites for hydroxylation is 2. The van der Waals surface area contributed by atoms with Crippen LogP contribution < -0.4 is 10.1 Å². The molecule has 1 saturated heterocycles. The van der Waals surface area contributed by atoms with Crippen molar-refractivity contribution in [1.82, 2.24) is 10.2 Å². The van der Waals surface area contributed by atoms with Gasteiger partial charge in [0.15, 0.2) is 6.61 Å². The van der Waals surface area contributed by atoms with E-state index in [1.54, 1.807) is 0 Å². The molecule has 1 fully saturated rings. The van der Waals surface area contributed by atoms with Gasteiger partial charge in [0, 0.05) is 26.2 Å². The van der Waals surface area contributed by atoms with Gasteiger partial charge in [-0.25, -0.2) is 0 Å². The molecule has 2 aromatic rings.